The number of fused-ring (bicyclic) bond motifs is 5. The van der Waals surface area contributed by atoms with Crippen LogP contribution in [-0.4, -0.2) is 86.6 Å². The number of nitrogens with zero attached hydrogens (tertiary/aromatic N) is 1. The number of carbonyl (C=O) groups is 4. The summed E-state index contributed by atoms with van der Waals surface area (Å²) in [5.41, 5.74) is 3.59. The number of carbonyl (C=O) groups excluding carboxylic acids is 3. The van der Waals surface area contributed by atoms with Crippen LogP contribution in [0.25, 0.3) is 0 Å². The lowest BCUT2D eigenvalue weighted by Gasteiger charge is -2.58. The van der Waals surface area contributed by atoms with Gasteiger partial charge >= 0.3 is 18.0 Å². The standard InChI is InChI=1S/C64H88N2O10/c1-43(2)15-14-16-44(3)54-30-31-55-53-29-24-49-39-52(34-36-62(49,4)56(53)35-37-63(54,55)5)75-61(71)65-38-13-9-12-19-58(67)66-40-45(57(41-66)76-60(70)33-32-59(68)69)42-74-64(46-17-10-8-11-18-46,47-20-25-50(72-6)26-21-47)48-22-27-51(73-7)28-23-48/h8,10-11,17-18,20-28,43-45,52-57H,9,12-16,19,29-42H2,1-7H3,(H,65,71)(H,68,69)/t44?,45?,52-,53?,54+,55?,56?,57?,62-,63+/m0/s1. The minimum absolute atomic E-state index is 0.0643. The molecular formula is C64H88N2O10. The van der Waals surface area contributed by atoms with Crippen LogP contribution in [0.2, 0.25) is 0 Å². The number of esters is 1. The molecule has 3 saturated carbocycles. The van der Waals surface area contributed by atoms with Gasteiger partial charge in [-0.2, -0.15) is 0 Å². The largest absolute Gasteiger partial charge is 0.497 e. The molecule has 0 aromatic heterocycles. The fourth-order valence-corrected chi connectivity index (χ4v) is 15.0. The Morgan fingerprint density at radius 2 is 1.42 bits per heavy atom. The summed E-state index contributed by atoms with van der Waals surface area (Å²) in [6, 6.07) is 25.3. The summed E-state index contributed by atoms with van der Waals surface area (Å²) in [4.78, 5) is 53.2. The zero-order valence-corrected chi connectivity index (χ0v) is 46.7. The first-order valence-corrected chi connectivity index (χ1v) is 28.9. The molecule has 6 unspecified atom stereocenters. The van der Waals surface area contributed by atoms with E-state index in [0.29, 0.717) is 42.7 Å². The first kappa shape index (κ1) is 56.8. The molecule has 2 amide bonds. The molecule has 414 valence electrons. The van der Waals surface area contributed by atoms with E-state index in [0.717, 1.165) is 77.9 Å². The van der Waals surface area contributed by atoms with Gasteiger partial charge in [0.2, 0.25) is 5.91 Å². The van der Waals surface area contributed by atoms with Gasteiger partial charge in [0.05, 0.1) is 40.2 Å². The highest BCUT2D eigenvalue weighted by atomic mass is 16.6. The first-order valence-electron chi connectivity index (χ1n) is 28.9. The lowest BCUT2D eigenvalue weighted by molar-refractivity contribution is -0.154. The van der Waals surface area contributed by atoms with Crippen molar-refractivity contribution in [2.75, 3.05) is 40.5 Å². The second-order valence-corrected chi connectivity index (χ2v) is 24.1. The average Bonchev–Trinajstić information content (AvgIpc) is 4.00. The number of amides is 2. The number of methoxy groups -OCH3 is 2. The first-order chi connectivity index (χ1) is 36.6. The molecule has 4 aliphatic carbocycles. The normalized spacial score (nSPS) is 27.3. The Morgan fingerprint density at radius 1 is 0.737 bits per heavy atom. The minimum atomic E-state index is -1.13. The molecule has 12 heteroatoms. The Balaban J connectivity index is 0.827. The van der Waals surface area contributed by atoms with Gasteiger partial charge in [0.1, 0.15) is 29.3 Å². The zero-order chi connectivity index (χ0) is 54.0. The van der Waals surface area contributed by atoms with Crippen LogP contribution in [0.4, 0.5) is 4.79 Å². The number of aliphatic carboxylic acids is 1. The van der Waals surface area contributed by atoms with Crippen LogP contribution >= 0.6 is 0 Å². The van der Waals surface area contributed by atoms with Gasteiger partial charge in [-0.25, -0.2) is 4.79 Å². The molecule has 12 nitrogen and oxygen atoms in total. The number of hydrogen-bond donors (Lipinski definition) is 2. The highest BCUT2D eigenvalue weighted by Crippen LogP contribution is 2.67. The van der Waals surface area contributed by atoms with Gasteiger partial charge in [-0.05, 0) is 145 Å². The summed E-state index contributed by atoms with van der Waals surface area (Å²) < 4.78 is 30.2. The number of benzene rings is 3. The third-order valence-corrected chi connectivity index (χ3v) is 19.1. The number of unbranched alkanes of at least 4 members (excludes halogenated alkanes) is 2. The van der Waals surface area contributed by atoms with Crippen LogP contribution in [0.1, 0.15) is 160 Å². The Bertz CT molecular complexity index is 2390. The maximum Gasteiger partial charge on any atom is 0.407 e. The maximum absolute atomic E-state index is 13.9. The van der Waals surface area contributed by atoms with E-state index in [1.54, 1.807) is 19.1 Å². The zero-order valence-electron chi connectivity index (χ0n) is 46.7. The fraction of sp³-hybridized carbons (Fsp3) is 0.625. The van der Waals surface area contributed by atoms with E-state index in [9.17, 15) is 24.3 Å². The second-order valence-electron chi connectivity index (χ2n) is 24.1. The molecule has 5 aliphatic rings. The van der Waals surface area contributed by atoms with Gasteiger partial charge < -0.3 is 39.0 Å². The van der Waals surface area contributed by atoms with Crippen LogP contribution in [0.5, 0.6) is 11.5 Å². The molecule has 76 heavy (non-hydrogen) atoms. The summed E-state index contributed by atoms with van der Waals surface area (Å²) in [6.45, 7) is 13.5. The van der Waals surface area contributed by atoms with E-state index < -0.39 is 29.6 Å². The van der Waals surface area contributed by atoms with Crippen molar-refractivity contribution < 1.29 is 48.0 Å². The number of carboxylic acids is 1. The van der Waals surface area contributed by atoms with Crippen LogP contribution in [0, 0.1) is 52.3 Å². The molecule has 8 rings (SSSR count). The smallest absolute Gasteiger partial charge is 0.407 e. The number of nitrogens with one attached hydrogen (secondary N) is 1. The Morgan fingerprint density at radius 3 is 2.08 bits per heavy atom. The predicted octanol–water partition coefficient (Wildman–Crippen LogP) is 12.9. The molecular weight excluding hydrogens is 957 g/mol. The van der Waals surface area contributed by atoms with Gasteiger partial charge in [-0.15, -0.1) is 0 Å². The molecule has 10 atom stereocenters. The maximum atomic E-state index is 13.9. The number of rotatable bonds is 24. The number of hydrogen-bond acceptors (Lipinski definition) is 9. The molecule has 4 fully saturated rings. The number of alkyl carbamates (subject to hydrolysis) is 1. The van der Waals surface area contributed by atoms with E-state index in [4.69, 9.17) is 23.7 Å². The Kier molecular flexibility index (Phi) is 19.0. The molecule has 0 spiro atoms. The van der Waals surface area contributed by atoms with Crippen LogP contribution in [0.3, 0.4) is 0 Å². The van der Waals surface area contributed by atoms with E-state index in [-0.39, 0.29) is 56.1 Å². The van der Waals surface area contributed by atoms with Crippen molar-refractivity contribution in [1.29, 1.82) is 0 Å². The molecule has 1 saturated heterocycles. The molecule has 3 aromatic carbocycles. The molecule has 1 heterocycles. The van der Waals surface area contributed by atoms with E-state index in [2.05, 4.69) is 46.0 Å². The van der Waals surface area contributed by atoms with E-state index in [1.807, 2.05) is 78.9 Å². The lowest BCUT2D eigenvalue weighted by atomic mass is 9.47. The van der Waals surface area contributed by atoms with Gasteiger partial charge in [0.15, 0.2) is 0 Å². The highest BCUT2D eigenvalue weighted by Gasteiger charge is 2.59. The van der Waals surface area contributed by atoms with E-state index in [1.165, 1.54) is 56.9 Å². The molecule has 1 aliphatic heterocycles. The summed E-state index contributed by atoms with van der Waals surface area (Å²) >= 11 is 0. The summed E-state index contributed by atoms with van der Waals surface area (Å²) in [5.74, 6) is 3.93. The van der Waals surface area contributed by atoms with Crippen molar-refractivity contribution in [2.45, 2.75) is 162 Å². The second kappa shape index (κ2) is 25.4. The van der Waals surface area contributed by atoms with Crippen molar-refractivity contribution in [2.24, 2.45) is 52.3 Å². The van der Waals surface area contributed by atoms with Gasteiger partial charge in [-0.3, -0.25) is 14.4 Å². The van der Waals surface area contributed by atoms with Crippen molar-refractivity contribution in [3.63, 3.8) is 0 Å². The monoisotopic (exact) mass is 1040 g/mol. The van der Waals surface area contributed by atoms with Crippen LogP contribution in [0.15, 0.2) is 90.5 Å². The molecule has 0 bridgehead atoms. The van der Waals surface area contributed by atoms with Crippen LogP contribution < -0.4 is 14.8 Å². The van der Waals surface area contributed by atoms with Gasteiger partial charge in [0.25, 0.3) is 0 Å². The molecule has 0 radical (unpaired) electrons. The Hall–Kier alpha value is -5.36. The minimum Gasteiger partial charge on any atom is -0.497 e. The van der Waals surface area contributed by atoms with Crippen molar-refractivity contribution >= 4 is 23.9 Å². The third kappa shape index (κ3) is 12.8. The number of allylic oxidation sites excluding steroid dienone is 1. The highest BCUT2D eigenvalue weighted by molar-refractivity contribution is 5.78. The average molecular weight is 1050 g/mol. The summed E-state index contributed by atoms with van der Waals surface area (Å²) in [6.07, 6.45) is 16.6. The molecule has 3 aromatic rings. The topological polar surface area (TPSA) is 150 Å². The number of likely N-dealkylation sites (tertiary alicyclic amines) is 1. The fourth-order valence-electron chi connectivity index (χ4n) is 15.0. The van der Waals surface area contributed by atoms with Crippen molar-refractivity contribution in [1.82, 2.24) is 10.2 Å². The van der Waals surface area contributed by atoms with Gasteiger partial charge in [0, 0.05) is 31.8 Å². The van der Waals surface area contributed by atoms with Gasteiger partial charge in [-0.1, -0.05) is 127 Å². The summed E-state index contributed by atoms with van der Waals surface area (Å²) in [7, 11) is 3.24. The predicted molar refractivity (Wildman–Crippen MR) is 295 cm³/mol. The number of carboxylic acid groups (broad SMARTS) is 1. The summed E-state index contributed by atoms with van der Waals surface area (Å²) in [5, 5.41) is 12.3. The SMILES string of the molecule is COc1ccc(C(OCC2CN(C(=O)CCCCCNC(=O)O[C@H]3CC[C@@]4(C)C(=CCC5C4CC[C@@]4(C)C5CC[C@@H]4C(C)CCCC(C)C)C3)CC2OC(=O)CCC(=O)O)(c2ccccc2)c2ccc(OC)cc2)cc1. The lowest BCUT2D eigenvalue weighted by Crippen LogP contribution is -2.51. The quantitative estimate of drug-likeness (QED) is 0.0384. The Labute approximate surface area is 453 Å². The third-order valence-electron chi connectivity index (χ3n) is 19.1. The van der Waals surface area contributed by atoms with E-state index >= 15 is 0 Å². The van der Waals surface area contributed by atoms with Crippen molar-refractivity contribution in [3.05, 3.63) is 107 Å². The van der Waals surface area contributed by atoms with Crippen LogP contribution in [-0.2, 0) is 34.2 Å². The number of ether oxygens (including phenoxy) is 5. The molecule has 2 N–H and O–H groups in total. The van der Waals surface area contributed by atoms with Crippen molar-refractivity contribution in [3.8, 4) is 11.5 Å².